The zero-order valence-electron chi connectivity index (χ0n) is 10.1. The summed E-state index contributed by atoms with van der Waals surface area (Å²) in [4.78, 5) is 4.23. The van der Waals surface area contributed by atoms with Crippen LogP contribution in [0.2, 0.25) is 0 Å². The number of aromatic nitrogens is 1. The Hall–Kier alpha value is -1.14. The van der Waals surface area contributed by atoms with Gasteiger partial charge in [-0.2, -0.15) is 0 Å². The molecule has 0 saturated heterocycles. The molecular weight excluding hydrogens is 240 g/mol. The van der Waals surface area contributed by atoms with Gasteiger partial charge in [-0.15, -0.1) is 0 Å². The highest BCUT2D eigenvalue weighted by atomic mass is 32.2. The average Bonchev–Trinajstić information content (AvgIpc) is 2.30. The third kappa shape index (κ3) is 4.32. The van der Waals surface area contributed by atoms with Crippen LogP contribution in [0.25, 0.3) is 0 Å². The smallest absolute Gasteiger partial charge is 0.153 e. The van der Waals surface area contributed by atoms with E-state index in [1.165, 1.54) is 0 Å². The van der Waals surface area contributed by atoms with E-state index >= 15 is 0 Å². The summed E-state index contributed by atoms with van der Waals surface area (Å²) in [5, 5.41) is 0. The van der Waals surface area contributed by atoms with Crippen molar-refractivity contribution in [3.8, 4) is 5.75 Å². The first-order valence-corrected chi connectivity index (χ1v) is 7.30. The molecule has 96 valence electrons. The van der Waals surface area contributed by atoms with Crippen LogP contribution in [-0.4, -0.2) is 31.5 Å². The van der Waals surface area contributed by atoms with Gasteiger partial charge in [0.2, 0.25) is 0 Å². The molecule has 0 aliphatic heterocycles. The second-order valence-electron chi connectivity index (χ2n) is 3.69. The molecule has 0 aliphatic carbocycles. The Bertz CT molecular complexity index is 472. The number of nitrogens with zero attached hydrogens (tertiary/aromatic N) is 1. The molecule has 17 heavy (non-hydrogen) atoms. The molecule has 5 nitrogen and oxygen atoms in total. The normalized spacial score (nSPS) is 11.5. The zero-order chi connectivity index (χ0) is 12.9. The minimum Gasteiger partial charge on any atom is -0.491 e. The highest BCUT2D eigenvalue weighted by Gasteiger charge is 2.09. The third-order valence-corrected chi connectivity index (χ3v) is 4.03. The summed E-state index contributed by atoms with van der Waals surface area (Å²) >= 11 is 0. The number of sulfone groups is 1. The van der Waals surface area contributed by atoms with Crippen LogP contribution in [0.5, 0.6) is 5.75 Å². The van der Waals surface area contributed by atoms with E-state index in [0.717, 1.165) is 5.69 Å². The monoisotopic (exact) mass is 258 g/mol. The van der Waals surface area contributed by atoms with E-state index in [4.69, 9.17) is 10.5 Å². The molecule has 1 aromatic heterocycles. The van der Waals surface area contributed by atoms with Gasteiger partial charge in [0.05, 0.1) is 11.4 Å². The van der Waals surface area contributed by atoms with Crippen LogP contribution in [0.4, 0.5) is 0 Å². The van der Waals surface area contributed by atoms with E-state index in [9.17, 15) is 8.42 Å². The molecule has 0 saturated carbocycles. The summed E-state index contributed by atoms with van der Waals surface area (Å²) in [5.41, 5.74) is 7.05. The van der Waals surface area contributed by atoms with Gasteiger partial charge < -0.3 is 10.5 Å². The summed E-state index contributed by atoms with van der Waals surface area (Å²) in [5.74, 6) is 0.706. The van der Waals surface area contributed by atoms with Gasteiger partial charge in [0.15, 0.2) is 9.84 Å². The predicted molar refractivity (Wildman–Crippen MR) is 66.7 cm³/mol. The van der Waals surface area contributed by atoms with Crippen LogP contribution in [0, 0.1) is 6.92 Å². The first-order chi connectivity index (χ1) is 7.98. The largest absolute Gasteiger partial charge is 0.491 e. The molecule has 1 rings (SSSR count). The molecule has 0 amide bonds. The maximum atomic E-state index is 11.3. The number of aryl methyl sites for hydroxylation is 1. The van der Waals surface area contributed by atoms with Crippen molar-refractivity contribution in [2.24, 2.45) is 5.73 Å². The second-order valence-corrected chi connectivity index (χ2v) is 6.16. The molecule has 0 radical (unpaired) electrons. The lowest BCUT2D eigenvalue weighted by Gasteiger charge is -2.10. The van der Waals surface area contributed by atoms with Crippen LogP contribution < -0.4 is 10.5 Å². The Morgan fingerprint density at radius 2 is 2.12 bits per heavy atom. The molecule has 0 aliphatic rings. The zero-order valence-corrected chi connectivity index (χ0v) is 11.0. The Morgan fingerprint density at radius 1 is 1.41 bits per heavy atom. The summed E-state index contributed by atoms with van der Waals surface area (Å²) < 4.78 is 28.0. The second kappa shape index (κ2) is 5.97. The molecule has 6 heteroatoms. The van der Waals surface area contributed by atoms with Crippen LogP contribution in [-0.2, 0) is 16.4 Å². The van der Waals surface area contributed by atoms with Crippen molar-refractivity contribution in [3.63, 3.8) is 0 Å². The van der Waals surface area contributed by atoms with Gasteiger partial charge in [0.1, 0.15) is 12.4 Å². The first kappa shape index (κ1) is 13.9. The number of ether oxygens (including phenoxy) is 1. The van der Waals surface area contributed by atoms with Gasteiger partial charge in [0.25, 0.3) is 0 Å². The Kier molecular flexibility index (Phi) is 4.89. The topological polar surface area (TPSA) is 82.3 Å². The van der Waals surface area contributed by atoms with Crippen molar-refractivity contribution >= 4 is 9.84 Å². The maximum absolute atomic E-state index is 11.3. The molecule has 0 unspecified atom stereocenters. The molecule has 0 atom stereocenters. The van der Waals surface area contributed by atoms with Gasteiger partial charge in [-0.3, -0.25) is 4.98 Å². The molecule has 1 heterocycles. The lowest BCUT2D eigenvalue weighted by Crippen LogP contribution is -2.16. The Morgan fingerprint density at radius 3 is 2.71 bits per heavy atom. The quantitative estimate of drug-likeness (QED) is 0.810. The van der Waals surface area contributed by atoms with Crippen molar-refractivity contribution in [2.45, 2.75) is 20.4 Å². The summed E-state index contributed by atoms with van der Waals surface area (Å²) in [6.45, 7) is 3.89. The van der Waals surface area contributed by atoms with Gasteiger partial charge in [0, 0.05) is 18.0 Å². The number of hydrogen-bond donors (Lipinski definition) is 1. The summed E-state index contributed by atoms with van der Waals surface area (Å²) in [6, 6.07) is 3.58. The fourth-order valence-corrected chi connectivity index (χ4v) is 1.92. The fraction of sp³-hybridized carbons (Fsp3) is 0.545. The fourth-order valence-electron chi connectivity index (χ4n) is 1.30. The highest BCUT2D eigenvalue weighted by Crippen LogP contribution is 2.16. The van der Waals surface area contributed by atoms with Crippen molar-refractivity contribution in [3.05, 3.63) is 23.5 Å². The van der Waals surface area contributed by atoms with Crippen LogP contribution in [0.15, 0.2) is 12.1 Å². The molecule has 0 bridgehead atoms. The minimum atomic E-state index is -2.99. The van der Waals surface area contributed by atoms with Crippen molar-refractivity contribution in [2.75, 3.05) is 18.1 Å². The molecule has 0 aromatic carbocycles. The van der Waals surface area contributed by atoms with Gasteiger partial charge in [-0.05, 0) is 19.1 Å². The lowest BCUT2D eigenvalue weighted by atomic mass is 10.3. The van der Waals surface area contributed by atoms with Gasteiger partial charge in [-0.25, -0.2) is 8.42 Å². The van der Waals surface area contributed by atoms with Crippen LogP contribution in [0.1, 0.15) is 18.3 Å². The average molecular weight is 258 g/mol. The summed E-state index contributed by atoms with van der Waals surface area (Å²) in [6.07, 6.45) is 0. The van der Waals surface area contributed by atoms with Crippen molar-refractivity contribution in [1.29, 1.82) is 0 Å². The standard InChI is InChI=1S/C11H18N2O3S/c1-3-17(14,15)7-6-16-11-5-4-9(2)13-10(11)8-12/h4-5H,3,6-8,12H2,1-2H3. The van der Waals surface area contributed by atoms with Gasteiger partial charge >= 0.3 is 0 Å². The van der Waals surface area contributed by atoms with E-state index in [-0.39, 0.29) is 24.7 Å². The van der Waals surface area contributed by atoms with Gasteiger partial charge in [-0.1, -0.05) is 6.92 Å². The molecular formula is C11H18N2O3S. The molecule has 1 aromatic rings. The number of nitrogens with two attached hydrogens (primary N) is 1. The van der Waals surface area contributed by atoms with E-state index < -0.39 is 9.84 Å². The SMILES string of the molecule is CCS(=O)(=O)CCOc1ccc(C)nc1CN. The number of pyridine rings is 1. The van der Waals surface area contributed by atoms with E-state index in [0.29, 0.717) is 11.4 Å². The molecule has 0 fully saturated rings. The highest BCUT2D eigenvalue weighted by molar-refractivity contribution is 7.91. The van der Waals surface area contributed by atoms with Crippen molar-refractivity contribution < 1.29 is 13.2 Å². The molecule has 0 spiro atoms. The van der Waals surface area contributed by atoms with E-state index in [2.05, 4.69) is 4.98 Å². The predicted octanol–water partition coefficient (Wildman–Crippen LogP) is 0.662. The third-order valence-electron chi connectivity index (χ3n) is 2.36. The lowest BCUT2D eigenvalue weighted by molar-refractivity contribution is 0.335. The number of hydrogen-bond acceptors (Lipinski definition) is 5. The first-order valence-electron chi connectivity index (χ1n) is 5.48. The van der Waals surface area contributed by atoms with Crippen LogP contribution in [0.3, 0.4) is 0 Å². The maximum Gasteiger partial charge on any atom is 0.153 e. The minimum absolute atomic E-state index is 0.0153. The van der Waals surface area contributed by atoms with E-state index in [1.54, 1.807) is 13.0 Å². The molecule has 2 N–H and O–H groups in total. The Labute approximate surface area is 102 Å². The number of rotatable bonds is 6. The Balaban J connectivity index is 2.64. The van der Waals surface area contributed by atoms with E-state index in [1.807, 2.05) is 13.0 Å². The van der Waals surface area contributed by atoms with Crippen LogP contribution >= 0.6 is 0 Å². The van der Waals surface area contributed by atoms with Crippen molar-refractivity contribution in [1.82, 2.24) is 4.98 Å². The summed E-state index contributed by atoms with van der Waals surface area (Å²) in [7, 11) is -2.99.